The van der Waals surface area contributed by atoms with Crippen molar-refractivity contribution in [2.75, 3.05) is 26.2 Å². The van der Waals surface area contributed by atoms with E-state index in [1.54, 1.807) is 12.4 Å². The molecule has 9 nitrogen and oxygen atoms in total. The van der Waals surface area contributed by atoms with Crippen LogP contribution in [-0.2, 0) is 6.54 Å². The van der Waals surface area contributed by atoms with Crippen LogP contribution in [0, 0.1) is 0 Å². The number of hydrogen-bond donors (Lipinski definition) is 0. The van der Waals surface area contributed by atoms with Gasteiger partial charge in [-0.1, -0.05) is 27.8 Å². The van der Waals surface area contributed by atoms with Crippen molar-refractivity contribution in [3.8, 4) is 22.8 Å². The van der Waals surface area contributed by atoms with E-state index in [-0.39, 0.29) is 5.91 Å². The number of amides is 1. The van der Waals surface area contributed by atoms with Gasteiger partial charge in [0.1, 0.15) is 5.52 Å². The molecule has 6 rings (SSSR count). The second-order valence-corrected chi connectivity index (χ2v) is 9.17. The molecule has 174 valence electrons. The van der Waals surface area contributed by atoms with E-state index in [1.165, 1.54) is 11.5 Å². The van der Waals surface area contributed by atoms with Crippen molar-refractivity contribution >= 4 is 27.7 Å². The van der Waals surface area contributed by atoms with Crippen molar-refractivity contribution in [1.29, 1.82) is 0 Å². The van der Waals surface area contributed by atoms with Crippen LogP contribution in [0.3, 0.4) is 0 Å². The fourth-order valence-electron chi connectivity index (χ4n) is 4.22. The quantitative estimate of drug-likeness (QED) is 0.372. The molecule has 10 heteroatoms. The van der Waals surface area contributed by atoms with Gasteiger partial charge in [-0.05, 0) is 53.5 Å². The van der Waals surface area contributed by atoms with Crippen molar-refractivity contribution in [3.05, 3.63) is 78.1 Å². The van der Waals surface area contributed by atoms with Gasteiger partial charge in [0.25, 0.3) is 11.8 Å². The Hall–Kier alpha value is -4.02. The molecule has 0 N–H and O–H groups in total. The number of aromatic nitrogens is 5. The lowest BCUT2D eigenvalue weighted by atomic mass is 10.1. The third-order valence-electron chi connectivity index (χ3n) is 6.08. The van der Waals surface area contributed by atoms with Gasteiger partial charge in [-0.15, -0.1) is 5.10 Å². The van der Waals surface area contributed by atoms with Gasteiger partial charge in [0.05, 0.1) is 10.3 Å². The van der Waals surface area contributed by atoms with Gasteiger partial charge in [-0.25, -0.2) is 0 Å². The SMILES string of the molecule is O=C(c1ccc2snnc2c1)N1CCN(Cc2cccc(-c3noc(-c4cccnc4)n3)c2)CC1. The highest BCUT2D eigenvalue weighted by Crippen LogP contribution is 2.23. The smallest absolute Gasteiger partial charge is 0.259 e. The van der Waals surface area contributed by atoms with E-state index in [9.17, 15) is 4.79 Å². The number of nitrogens with zero attached hydrogens (tertiary/aromatic N) is 7. The van der Waals surface area contributed by atoms with Crippen molar-refractivity contribution in [2.24, 2.45) is 0 Å². The molecule has 3 aromatic heterocycles. The molecule has 1 aliphatic rings. The van der Waals surface area contributed by atoms with E-state index in [0.29, 0.717) is 30.4 Å². The predicted molar refractivity (Wildman–Crippen MR) is 132 cm³/mol. The average Bonchev–Trinajstić information content (AvgIpc) is 3.59. The molecule has 0 aliphatic carbocycles. The Morgan fingerprint density at radius 2 is 1.89 bits per heavy atom. The Bertz CT molecular complexity index is 1480. The van der Waals surface area contributed by atoms with Crippen LogP contribution in [-0.4, -0.2) is 66.6 Å². The minimum Gasteiger partial charge on any atom is -0.336 e. The Labute approximate surface area is 205 Å². The molecule has 0 unspecified atom stereocenters. The fourth-order valence-corrected chi connectivity index (χ4v) is 4.76. The molecule has 5 aromatic rings. The number of piperazine rings is 1. The molecule has 0 bridgehead atoms. The summed E-state index contributed by atoms with van der Waals surface area (Å²) in [5.41, 5.74) is 4.29. The summed E-state index contributed by atoms with van der Waals surface area (Å²) in [6.45, 7) is 3.78. The molecule has 1 aliphatic heterocycles. The summed E-state index contributed by atoms with van der Waals surface area (Å²) in [7, 11) is 0. The topological polar surface area (TPSA) is 101 Å². The summed E-state index contributed by atoms with van der Waals surface area (Å²) >= 11 is 1.34. The Morgan fingerprint density at radius 3 is 2.74 bits per heavy atom. The lowest BCUT2D eigenvalue weighted by Gasteiger charge is -2.34. The summed E-state index contributed by atoms with van der Waals surface area (Å²) in [4.78, 5) is 25.9. The second-order valence-electron chi connectivity index (χ2n) is 8.39. The zero-order valence-electron chi connectivity index (χ0n) is 18.7. The highest BCUT2D eigenvalue weighted by atomic mass is 32.1. The Balaban J connectivity index is 1.09. The monoisotopic (exact) mass is 483 g/mol. The van der Waals surface area contributed by atoms with Crippen molar-refractivity contribution in [1.82, 2.24) is 34.5 Å². The number of pyridine rings is 1. The summed E-state index contributed by atoms with van der Waals surface area (Å²) in [5, 5.41) is 8.23. The molecule has 1 amide bonds. The van der Waals surface area contributed by atoms with Gasteiger partial charge < -0.3 is 9.42 Å². The molecule has 0 saturated carbocycles. The number of rotatable bonds is 5. The summed E-state index contributed by atoms with van der Waals surface area (Å²) < 4.78 is 10.4. The van der Waals surface area contributed by atoms with Crippen LogP contribution in [0.15, 0.2) is 71.5 Å². The number of fused-ring (bicyclic) bond motifs is 1. The maximum Gasteiger partial charge on any atom is 0.259 e. The highest BCUT2D eigenvalue weighted by Gasteiger charge is 2.23. The first-order valence-corrected chi connectivity index (χ1v) is 12.1. The third kappa shape index (κ3) is 4.53. The van der Waals surface area contributed by atoms with Gasteiger partial charge in [0.15, 0.2) is 0 Å². The maximum absolute atomic E-state index is 13.0. The second kappa shape index (κ2) is 9.32. The Kier molecular flexibility index (Phi) is 5.73. The zero-order valence-corrected chi connectivity index (χ0v) is 19.6. The number of carbonyl (C=O) groups is 1. The van der Waals surface area contributed by atoms with Crippen LogP contribution in [0.1, 0.15) is 15.9 Å². The Morgan fingerprint density at radius 1 is 1.00 bits per heavy atom. The first kappa shape index (κ1) is 21.5. The molecular formula is C25H21N7O2S. The van der Waals surface area contributed by atoms with Gasteiger partial charge in [-0.2, -0.15) is 4.98 Å². The third-order valence-corrected chi connectivity index (χ3v) is 6.78. The van der Waals surface area contributed by atoms with Gasteiger partial charge >= 0.3 is 0 Å². The van der Waals surface area contributed by atoms with Crippen LogP contribution >= 0.6 is 11.5 Å². The normalized spacial score (nSPS) is 14.5. The lowest BCUT2D eigenvalue weighted by molar-refractivity contribution is 0.0628. The van der Waals surface area contributed by atoms with E-state index < -0.39 is 0 Å². The maximum atomic E-state index is 13.0. The predicted octanol–water partition coefficient (Wildman–Crippen LogP) is 3.76. The molecule has 4 heterocycles. The fraction of sp³-hybridized carbons (Fsp3) is 0.200. The molecule has 35 heavy (non-hydrogen) atoms. The van der Waals surface area contributed by atoms with Crippen LogP contribution < -0.4 is 0 Å². The molecule has 1 fully saturated rings. The van der Waals surface area contributed by atoms with E-state index >= 15 is 0 Å². The van der Waals surface area contributed by atoms with Gasteiger partial charge in [-0.3, -0.25) is 14.7 Å². The van der Waals surface area contributed by atoms with Crippen LogP contribution in [0.5, 0.6) is 0 Å². The minimum absolute atomic E-state index is 0.0445. The van der Waals surface area contributed by atoms with Crippen molar-refractivity contribution in [3.63, 3.8) is 0 Å². The van der Waals surface area contributed by atoms with Crippen molar-refractivity contribution < 1.29 is 9.32 Å². The highest BCUT2D eigenvalue weighted by molar-refractivity contribution is 7.12. The largest absolute Gasteiger partial charge is 0.336 e. The number of benzene rings is 2. The van der Waals surface area contributed by atoms with Crippen LogP contribution in [0.4, 0.5) is 0 Å². The number of hydrogen-bond acceptors (Lipinski definition) is 9. The van der Waals surface area contributed by atoms with E-state index in [4.69, 9.17) is 4.52 Å². The first-order chi connectivity index (χ1) is 17.2. The standard InChI is InChI=1S/C25H21N7O2S/c33-25(19-6-7-22-21(14-19)28-30-35-22)32-11-9-31(10-12-32)16-17-3-1-4-18(13-17)23-27-24(34-29-23)20-5-2-8-26-15-20/h1-8,13-15H,9-12,16H2. The first-order valence-electron chi connectivity index (χ1n) is 11.3. The van der Waals surface area contributed by atoms with Crippen molar-refractivity contribution in [2.45, 2.75) is 6.54 Å². The van der Waals surface area contributed by atoms with Gasteiger partial charge in [0.2, 0.25) is 5.82 Å². The molecule has 0 spiro atoms. The summed E-state index contributed by atoms with van der Waals surface area (Å²) in [6.07, 6.45) is 3.41. The molecule has 1 saturated heterocycles. The van der Waals surface area contributed by atoms with Crippen LogP contribution in [0.2, 0.25) is 0 Å². The average molecular weight is 484 g/mol. The lowest BCUT2D eigenvalue weighted by Crippen LogP contribution is -2.48. The summed E-state index contributed by atoms with van der Waals surface area (Å²) in [6, 6.07) is 17.5. The number of carbonyl (C=O) groups excluding carboxylic acids is 1. The minimum atomic E-state index is 0.0445. The molecular weight excluding hydrogens is 462 g/mol. The van der Waals surface area contributed by atoms with Gasteiger partial charge in [0, 0.05) is 56.2 Å². The van der Waals surface area contributed by atoms with E-state index in [2.05, 4.69) is 41.7 Å². The van der Waals surface area contributed by atoms with E-state index in [0.717, 1.165) is 46.5 Å². The molecule has 0 radical (unpaired) electrons. The molecule has 2 aromatic carbocycles. The molecule has 0 atom stereocenters. The summed E-state index contributed by atoms with van der Waals surface area (Å²) in [5.74, 6) is 1.04. The van der Waals surface area contributed by atoms with E-state index in [1.807, 2.05) is 47.4 Å². The van der Waals surface area contributed by atoms with Crippen LogP contribution in [0.25, 0.3) is 33.1 Å². The zero-order chi connectivity index (χ0) is 23.6.